The molecule has 1 heterocycles. The van der Waals surface area contributed by atoms with E-state index in [4.69, 9.17) is 10.5 Å². The summed E-state index contributed by atoms with van der Waals surface area (Å²) in [6, 6.07) is 0. The summed E-state index contributed by atoms with van der Waals surface area (Å²) in [5.74, 6) is 0.0640. The van der Waals surface area contributed by atoms with Gasteiger partial charge in [0.15, 0.2) is 0 Å². The molecule has 0 spiro atoms. The largest absolute Gasteiger partial charge is 0.393 e. The summed E-state index contributed by atoms with van der Waals surface area (Å²) in [5, 5.41) is 12.1. The van der Waals surface area contributed by atoms with Crippen LogP contribution in [0.4, 0.5) is 0 Å². The molecule has 0 radical (unpaired) electrons. The quantitative estimate of drug-likeness (QED) is 0.632. The van der Waals surface area contributed by atoms with Crippen LogP contribution in [0.1, 0.15) is 40.0 Å². The molecule has 0 aromatic rings. The van der Waals surface area contributed by atoms with Gasteiger partial charge in [0.1, 0.15) is 5.54 Å². The minimum Gasteiger partial charge on any atom is -0.393 e. The Bertz CT molecular complexity index is 357. The molecule has 2 aliphatic rings. The molecule has 4 unspecified atom stereocenters. The number of hydrogen-bond acceptors (Lipinski definition) is 4. The van der Waals surface area contributed by atoms with Gasteiger partial charge in [-0.1, -0.05) is 13.8 Å². The first-order chi connectivity index (χ1) is 8.81. The minimum absolute atomic E-state index is 0.0742. The van der Waals surface area contributed by atoms with E-state index >= 15 is 0 Å². The lowest BCUT2D eigenvalue weighted by Gasteiger charge is -2.60. The van der Waals surface area contributed by atoms with E-state index in [2.05, 4.69) is 5.32 Å². The van der Waals surface area contributed by atoms with E-state index in [1.165, 1.54) is 0 Å². The maximum atomic E-state index is 12.4. The molecule has 4 atom stereocenters. The van der Waals surface area contributed by atoms with E-state index in [9.17, 15) is 9.90 Å². The SMILES string of the molecule is CC(O)CCCNC(=O)C1(N)C2CCOC2C1(C)C. The van der Waals surface area contributed by atoms with Crippen LogP contribution in [0.2, 0.25) is 0 Å². The topological polar surface area (TPSA) is 84.6 Å². The number of aliphatic hydroxyl groups excluding tert-OH is 1. The van der Waals surface area contributed by atoms with E-state index in [0.717, 1.165) is 12.8 Å². The highest BCUT2D eigenvalue weighted by Crippen LogP contribution is 2.58. The fourth-order valence-electron chi connectivity index (χ4n) is 3.59. The van der Waals surface area contributed by atoms with E-state index in [-0.39, 0.29) is 29.4 Å². The molecule has 0 aromatic heterocycles. The van der Waals surface area contributed by atoms with Crippen molar-refractivity contribution < 1.29 is 14.6 Å². The third-order valence-corrected chi connectivity index (χ3v) is 4.91. The smallest absolute Gasteiger partial charge is 0.241 e. The molecular weight excluding hydrogens is 244 g/mol. The number of carbonyl (C=O) groups is 1. The maximum absolute atomic E-state index is 12.4. The van der Waals surface area contributed by atoms with Crippen LogP contribution in [0.5, 0.6) is 0 Å². The highest BCUT2D eigenvalue weighted by molar-refractivity contribution is 5.89. The number of amides is 1. The number of nitrogens with one attached hydrogen (secondary N) is 1. The van der Waals surface area contributed by atoms with Gasteiger partial charge in [-0.15, -0.1) is 0 Å². The number of ether oxygens (including phenoxy) is 1. The van der Waals surface area contributed by atoms with Gasteiger partial charge in [-0.3, -0.25) is 4.79 Å². The van der Waals surface area contributed by atoms with Crippen molar-refractivity contribution in [3.8, 4) is 0 Å². The summed E-state index contributed by atoms with van der Waals surface area (Å²) in [6.07, 6.45) is 2.12. The van der Waals surface area contributed by atoms with Crippen molar-refractivity contribution in [1.82, 2.24) is 5.32 Å². The highest BCUT2D eigenvalue weighted by atomic mass is 16.5. The zero-order valence-electron chi connectivity index (χ0n) is 12.1. The van der Waals surface area contributed by atoms with Crippen molar-refractivity contribution >= 4 is 5.91 Å². The first kappa shape index (κ1) is 14.8. The molecule has 2 rings (SSSR count). The van der Waals surface area contributed by atoms with Crippen LogP contribution in [0.3, 0.4) is 0 Å². The zero-order chi connectivity index (χ0) is 14.3. The van der Waals surface area contributed by atoms with Gasteiger partial charge in [0, 0.05) is 24.5 Å². The standard InChI is InChI=1S/C14H26N2O3/c1-9(17)5-4-7-16-12(18)14(15)10-6-8-19-11(10)13(14,2)3/h9-11,17H,4-8,15H2,1-3H3,(H,16,18). The maximum Gasteiger partial charge on any atom is 0.241 e. The first-order valence-corrected chi connectivity index (χ1v) is 7.18. The van der Waals surface area contributed by atoms with Gasteiger partial charge in [0.05, 0.1) is 12.2 Å². The summed E-state index contributed by atoms with van der Waals surface area (Å²) in [4.78, 5) is 12.4. The van der Waals surface area contributed by atoms with Crippen molar-refractivity contribution in [2.45, 2.75) is 57.8 Å². The van der Waals surface area contributed by atoms with Crippen LogP contribution in [0.25, 0.3) is 0 Å². The van der Waals surface area contributed by atoms with Gasteiger partial charge >= 0.3 is 0 Å². The molecule has 1 amide bonds. The normalized spacial score (nSPS) is 37.3. The second-order valence-corrected chi connectivity index (χ2v) is 6.52. The molecule has 0 bridgehead atoms. The number of fused-ring (bicyclic) bond motifs is 1. The molecular formula is C14H26N2O3. The summed E-state index contributed by atoms with van der Waals surface area (Å²) in [5.41, 5.74) is 5.27. The molecule has 1 saturated heterocycles. The van der Waals surface area contributed by atoms with Gasteiger partial charge in [-0.25, -0.2) is 0 Å². The molecule has 5 heteroatoms. The molecule has 1 saturated carbocycles. The fraction of sp³-hybridized carbons (Fsp3) is 0.929. The summed E-state index contributed by atoms with van der Waals surface area (Å²) in [6.45, 7) is 7.04. The predicted octanol–water partition coefficient (Wildman–Crippen LogP) is 0.406. The average molecular weight is 270 g/mol. The molecule has 1 aliphatic heterocycles. The van der Waals surface area contributed by atoms with Crippen molar-refractivity contribution in [3.63, 3.8) is 0 Å². The third kappa shape index (κ3) is 2.18. The second kappa shape index (κ2) is 5.04. The monoisotopic (exact) mass is 270 g/mol. The van der Waals surface area contributed by atoms with E-state index in [0.29, 0.717) is 19.6 Å². The lowest BCUT2D eigenvalue weighted by molar-refractivity contribution is -0.175. The van der Waals surface area contributed by atoms with E-state index < -0.39 is 5.54 Å². The summed E-state index contributed by atoms with van der Waals surface area (Å²) >= 11 is 0. The van der Waals surface area contributed by atoms with Gasteiger partial charge in [-0.2, -0.15) is 0 Å². The molecule has 5 nitrogen and oxygen atoms in total. The predicted molar refractivity (Wildman–Crippen MR) is 72.5 cm³/mol. The summed E-state index contributed by atoms with van der Waals surface area (Å²) in [7, 11) is 0. The highest BCUT2D eigenvalue weighted by Gasteiger charge is 2.71. The zero-order valence-corrected chi connectivity index (χ0v) is 12.1. The van der Waals surface area contributed by atoms with Crippen molar-refractivity contribution in [3.05, 3.63) is 0 Å². The Kier molecular flexibility index (Phi) is 3.91. The first-order valence-electron chi connectivity index (χ1n) is 7.18. The van der Waals surface area contributed by atoms with Crippen molar-refractivity contribution in [1.29, 1.82) is 0 Å². The Morgan fingerprint density at radius 3 is 2.89 bits per heavy atom. The van der Waals surface area contributed by atoms with Crippen LogP contribution >= 0.6 is 0 Å². The average Bonchev–Trinajstić information content (AvgIpc) is 2.80. The molecule has 1 aliphatic carbocycles. The number of rotatable bonds is 5. The molecule has 19 heavy (non-hydrogen) atoms. The van der Waals surface area contributed by atoms with Gasteiger partial charge in [0.25, 0.3) is 0 Å². The second-order valence-electron chi connectivity index (χ2n) is 6.52. The Morgan fingerprint density at radius 2 is 2.26 bits per heavy atom. The van der Waals surface area contributed by atoms with Crippen molar-refractivity contribution in [2.24, 2.45) is 17.1 Å². The Labute approximate surface area is 114 Å². The number of nitrogens with two attached hydrogens (primary N) is 1. The molecule has 110 valence electrons. The van der Waals surface area contributed by atoms with Crippen LogP contribution in [0, 0.1) is 11.3 Å². The molecule has 4 N–H and O–H groups in total. The Balaban J connectivity index is 1.91. The van der Waals surface area contributed by atoms with Gasteiger partial charge < -0.3 is 20.9 Å². The molecule has 2 fully saturated rings. The third-order valence-electron chi connectivity index (χ3n) is 4.91. The minimum atomic E-state index is -0.820. The van der Waals surface area contributed by atoms with Gasteiger partial charge in [0.2, 0.25) is 5.91 Å². The van der Waals surface area contributed by atoms with Crippen LogP contribution < -0.4 is 11.1 Å². The van der Waals surface area contributed by atoms with Crippen LogP contribution in [-0.4, -0.2) is 41.9 Å². The van der Waals surface area contributed by atoms with Crippen LogP contribution in [-0.2, 0) is 9.53 Å². The number of aliphatic hydroxyl groups is 1. The van der Waals surface area contributed by atoms with E-state index in [1.54, 1.807) is 6.92 Å². The van der Waals surface area contributed by atoms with Gasteiger partial charge in [-0.05, 0) is 26.2 Å². The summed E-state index contributed by atoms with van der Waals surface area (Å²) < 4.78 is 5.68. The lowest BCUT2D eigenvalue weighted by atomic mass is 9.48. The number of carbonyl (C=O) groups excluding carboxylic acids is 1. The number of hydrogen-bond donors (Lipinski definition) is 3. The fourth-order valence-corrected chi connectivity index (χ4v) is 3.59. The molecule has 0 aromatic carbocycles. The van der Waals surface area contributed by atoms with Crippen molar-refractivity contribution in [2.75, 3.05) is 13.2 Å². The Morgan fingerprint density at radius 1 is 1.58 bits per heavy atom. The Hall–Kier alpha value is -0.650. The van der Waals surface area contributed by atoms with E-state index in [1.807, 2.05) is 13.8 Å². The lowest BCUT2D eigenvalue weighted by Crippen LogP contribution is -2.80. The van der Waals surface area contributed by atoms with Crippen LogP contribution in [0.15, 0.2) is 0 Å².